The van der Waals surface area contributed by atoms with E-state index in [2.05, 4.69) is 0 Å². The summed E-state index contributed by atoms with van der Waals surface area (Å²) in [6.07, 6.45) is -7.27. The predicted octanol–water partition coefficient (Wildman–Crippen LogP) is 4.76. The molecule has 47 heavy (non-hydrogen) atoms. The lowest BCUT2D eigenvalue weighted by atomic mass is 9.96. The molecule has 10 atom stereocenters. The Morgan fingerprint density at radius 2 is 1.19 bits per heavy atom. The average molecular weight is 651 g/mol. The average Bonchev–Trinajstić information content (AvgIpc) is 3.42. The van der Waals surface area contributed by atoms with Gasteiger partial charge in [0.2, 0.25) is 0 Å². The second-order valence-corrected chi connectivity index (χ2v) is 12.7. The molecule has 1 N–H and O–H groups in total. The second-order valence-electron chi connectivity index (χ2n) is 12.7. The molecule has 0 aromatic heterocycles. The molecule has 0 aliphatic carbocycles. The Morgan fingerprint density at radius 1 is 0.660 bits per heavy atom. The summed E-state index contributed by atoms with van der Waals surface area (Å²) in [4.78, 5) is 0. The fourth-order valence-corrected chi connectivity index (χ4v) is 6.38. The van der Waals surface area contributed by atoms with E-state index >= 15 is 0 Å². The van der Waals surface area contributed by atoms with Gasteiger partial charge in [-0.25, -0.2) is 0 Å². The van der Waals surface area contributed by atoms with Crippen LogP contribution >= 0.6 is 0 Å². The molecule has 10 heteroatoms. The summed E-state index contributed by atoms with van der Waals surface area (Å²) in [5.74, 6) is -0.876. The summed E-state index contributed by atoms with van der Waals surface area (Å²) < 4.78 is 56.5. The van der Waals surface area contributed by atoms with Crippen LogP contribution in [0.15, 0.2) is 91.0 Å². The molecule has 3 aliphatic heterocycles. The summed E-state index contributed by atoms with van der Waals surface area (Å²) in [6.45, 7) is 6.67. The zero-order valence-electron chi connectivity index (χ0n) is 27.4. The summed E-state index contributed by atoms with van der Waals surface area (Å²) >= 11 is 0. The molecule has 3 aromatic rings. The van der Waals surface area contributed by atoms with Gasteiger partial charge in [-0.2, -0.15) is 0 Å². The minimum Gasteiger partial charge on any atom is -0.385 e. The molecule has 3 saturated heterocycles. The SMILES string of the molecule is CO[C@@H]1O[C@@H](C)[C@H](O[C@@H]2O[C@H](COCc3ccccc3)[C@@H](OCc3ccccc3)[C@H](OCc3ccccc3)[C@@H]2O)[C@H]2OC(C)(C)O[C@@H]12. The van der Waals surface area contributed by atoms with Crippen LogP contribution in [0.4, 0.5) is 0 Å². The van der Waals surface area contributed by atoms with E-state index in [1.807, 2.05) is 112 Å². The topological polar surface area (TPSA) is 103 Å². The van der Waals surface area contributed by atoms with Gasteiger partial charge in [-0.15, -0.1) is 0 Å². The minimum absolute atomic E-state index is 0.174. The Balaban J connectivity index is 1.25. The van der Waals surface area contributed by atoms with E-state index in [1.54, 1.807) is 7.11 Å². The Kier molecular flexibility index (Phi) is 11.4. The quantitative estimate of drug-likeness (QED) is 0.279. The van der Waals surface area contributed by atoms with Crippen LogP contribution in [0.2, 0.25) is 0 Å². The van der Waals surface area contributed by atoms with Crippen LogP contribution in [0.5, 0.6) is 0 Å². The number of hydrogen-bond donors (Lipinski definition) is 1. The number of rotatable bonds is 13. The van der Waals surface area contributed by atoms with E-state index in [1.165, 1.54) is 0 Å². The normalized spacial score (nSPS) is 33.4. The first kappa shape index (κ1) is 34.1. The van der Waals surface area contributed by atoms with Crippen molar-refractivity contribution in [3.8, 4) is 0 Å². The van der Waals surface area contributed by atoms with Crippen LogP contribution in [0.1, 0.15) is 37.5 Å². The third kappa shape index (κ3) is 8.47. The fourth-order valence-electron chi connectivity index (χ4n) is 6.38. The first-order valence-corrected chi connectivity index (χ1v) is 16.3. The van der Waals surface area contributed by atoms with Gasteiger partial charge in [0.05, 0.1) is 32.5 Å². The van der Waals surface area contributed by atoms with Crippen LogP contribution in [0, 0.1) is 0 Å². The van der Waals surface area contributed by atoms with Gasteiger partial charge in [0.25, 0.3) is 0 Å². The van der Waals surface area contributed by atoms with Gasteiger partial charge in [0.15, 0.2) is 18.4 Å². The van der Waals surface area contributed by atoms with Crippen molar-refractivity contribution in [2.45, 2.75) is 108 Å². The third-order valence-corrected chi connectivity index (χ3v) is 8.67. The lowest BCUT2D eigenvalue weighted by Crippen LogP contribution is -2.64. The van der Waals surface area contributed by atoms with Crippen LogP contribution < -0.4 is 0 Å². The van der Waals surface area contributed by atoms with E-state index < -0.39 is 67.2 Å². The monoisotopic (exact) mass is 650 g/mol. The highest BCUT2D eigenvalue weighted by molar-refractivity contribution is 5.15. The number of aliphatic hydroxyl groups excluding tert-OH is 1. The number of ether oxygens (including phenoxy) is 9. The van der Waals surface area contributed by atoms with E-state index in [0.29, 0.717) is 13.2 Å². The molecule has 254 valence electrons. The van der Waals surface area contributed by atoms with E-state index in [-0.39, 0.29) is 13.2 Å². The summed E-state index contributed by atoms with van der Waals surface area (Å²) in [5.41, 5.74) is 2.98. The first-order valence-electron chi connectivity index (χ1n) is 16.3. The highest BCUT2D eigenvalue weighted by Crippen LogP contribution is 2.40. The largest absolute Gasteiger partial charge is 0.385 e. The predicted molar refractivity (Wildman–Crippen MR) is 171 cm³/mol. The van der Waals surface area contributed by atoms with Crippen LogP contribution in [-0.2, 0) is 62.5 Å². The van der Waals surface area contributed by atoms with Crippen molar-refractivity contribution >= 4 is 0 Å². The van der Waals surface area contributed by atoms with Crippen molar-refractivity contribution < 1.29 is 47.7 Å². The van der Waals surface area contributed by atoms with Crippen molar-refractivity contribution in [2.24, 2.45) is 0 Å². The van der Waals surface area contributed by atoms with Gasteiger partial charge in [-0.1, -0.05) is 91.0 Å². The summed E-state index contributed by atoms with van der Waals surface area (Å²) in [5, 5.41) is 11.9. The third-order valence-electron chi connectivity index (χ3n) is 8.67. The number of aliphatic hydroxyl groups is 1. The zero-order valence-corrected chi connectivity index (χ0v) is 27.4. The number of benzene rings is 3. The van der Waals surface area contributed by atoms with Gasteiger partial charge >= 0.3 is 0 Å². The molecule has 3 heterocycles. The van der Waals surface area contributed by atoms with E-state index in [0.717, 1.165) is 16.7 Å². The van der Waals surface area contributed by atoms with Crippen molar-refractivity contribution in [1.82, 2.24) is 0 Å². The van der Waals surface area contributed by atoms with Crippen LogP contribution in [-0.4, -0.2) is 86.0 Å². The minimum atomic E-state index is -1.22. The van der Waals surface area contributed by atoms with E-state index in [4.69, 9.17) is 42.6 Å². The summed E-state index contributed by atoms with van der Waals surface area (Å²) in [7, 11) is 1.57. The van der Waals surface area contributed by atoms with Gasteiger partial charge in [-0.3, -0.25) is 0 Å². The smallest absolute Gasteiger partial charge is 0.187 e. The molecule has 0 spiro atoms. The molecule has 0 bridgehead atoms. The number of fused-ring (bicyclic) bond motifs is 1. The van der Waals surface area contributed by atoms with Gasteiger partial charge in [-0.05, 0) is 37.5 Å². The lowest BCUT2D eigenvalue weighted by molar-refractivity contribution is -0.353. The van der Waals surface area contributed by atoms with Gasteiger partial charge in [0.1, 0.15) is 42.7 Å². The first-order chi connectivity index (χ1) is 22.8. The molecule has 3 aromatic carbocycles. The van der Waals surface area contributed by atoms with Crippen LogP contribution in [0.3, 0.4) is 0 Å². The van der Waals surface area contributed by atoms with Gasteiger partial charge < -0.3 is 47.7 Å². The lowest BCUT2D eigenvalue weighted by Gasteiger charge is -2.47. The number of methoxy groups -OCH3 is 1. The standard InChI is InChI=1S/C37H46O10/c1-24-30(33-34(36(39-4)43-24)47-37(2,3)46-33)45-35-29(38)32(42-22-27-18-12-7-13-19-27)31(41-21-26-16-10-6-11-17-26)28(44-35)23-40-20-25-14-8-5-9-15-25/h5-19,24,28-36,38H,20-23H2,1-4H3/t24-,28+,29-,30-,31+,32+,33+,34+,35-,36+/m0/s1. The van der Waals surface area contributed by atoms with E-state index in [9.17, 15) is 5.11 Å². The molecule has 0 radical (unpaired) electrons. The second kappa shape index (κ2) is 15.7. The Labute approximate surface area is 276 Å². The highest BCUT2D eigenvalue weighted by atomic mass is 16.8. The Hall–Kier alpha value is -2.74. The molecule has 6 rings (SSSR count). The number of hydrogen-bond acceptors (Lipinski definition) is 10. The van der Waals surface area contributed by atoms with Gasteiger partial charge in [0, 0.05) is 7.11 Å². The molecule has 0 saturated carbocycles. The molecule has 0 unspecified atom stereocenters. The molecular weight excluding hydrogens is 604 g/mol. The maximum Gasteiger partial charge on any atom is 0.187 e. The summed E-state index contributed by atoms with van der Waals surface area (Å²) in [6, 6.07) is 29.6. The maximum atomic E-state index is 11.9. The van der Waals surface area contributed by atoms with Crippen molar-refractivity contribution in [2.75, 3.05) is 13.7 Å². The van der Waals surface area contributed by atoms with Crippen molar-refractivity contribution in [1.29, 1.82) is 0 Å². The Morgan fingerprint density at radius 3 is 1.77 bits per heavy atom. The molecule has 0 amide bonds. The molecular formula is C37H46O10. The fraction of sp³-hybridized carbons (Fsp3) is 0.514. The maximum absolute atomic E-state index is 11.9. The molecule has 3 fully saturated rings. The zero-order chi connectivity index (χ0) is 32.8. The van der Waals surface area contributed by atoms with Crippen LogP contribution in [0.25, 0.3) is 0 Å². The molecule has 3 aliphatic rings. The van der Waals surface area contributed by atoms with Crippen molar-refractivity contribution in [3.05, 3.63) is 108 Å². The Bertz CT molecular complexity index is 1360. The highest BCUT2D eigenvalue weighted by Gasteiger charge is 2.57. The molecule has 10 nitrogen and oxygen atoms in total. The van der Waals surface area contributed by atoms with Crippen molar-refractivity contribution in [3.63, 3.8) is 0 Å².